The van der Waals surface area contributed by atoms with E-state index < -0.39 is 24.0 Å². The van der Waals surface area contributed by atoms with E-state index in [9.17, 15) is 14.4 Å². The van der Waals surface area contributed by atoms with E-state index in [1.54, 1.807) is 0 Å². The Morgan fingerprint density at radius 2 is 1.26 bits per heavy atom. The molecule has 0 heterocycles. The second-order valence-corrected chi connectivity index (χ2v) is 9.41. The minimum absolute atomic E-state index is 0.0580. The van der Waals surface area contributed by atoms with Crippen molar-refractivity contribution in [2.24, 2.45) is 17.6 Å². The first-order valence-corrected chi connectivity index (χ1v) is 11.9. The molecule has 3 atom stereocenters. The molecular weight excluding hydrogens is 428 g/mol. The monoisotopic (exact) mass is 466 g/mol. The number of hydrogen-bond acceptors (Lipinski definition) is 4. The molecule has 2 aromatic rings. The first-order valence-electron chi connectivity index (χ1n) is 11.9. The zero-order valence-corrected chi connectivity index (χ0v) is 20.6. The number of amides is 3. The largest absolute Gasteiger partial charge is 0.350 e. The third-order valence-electron chi connectivity index (χ3n) is 5.59. The van der Waals surface area contributed by atoms with E-state index in [2.05, 4.69) is 16.0 Å². The van der Waals surface area contributed by atoms with Crippen LogP contribution in [0, 0.1) is 11.8 Å². The van der Waals surface area contributed by atoms with E-state index in [1.807, 2.05) is 88.4 Å². The van der Waals surface area contributed by atoms with Crippen molar-refractivity contribution in [2.75, 3.05) is 0 Å². The second-order valence-electron chi connectivity index (χ2n) is 9.41. The summed E-state index contributed by atoms with van der Waals surface area (Å²) in [5.74, 6) is -0.949. The normalized spacial score (nSPS) is 13.7. The quantitative estimate of drug-likeness (QED) is 0.385. The van der Waals surface area contributed by atoms with Crippen molar-refractivity contribution >= 4 is 17.7 Å². The van der Waals surface area contributed by atoms with Gasteiger partial charge in [0.15, 0.2) is 0 Å². The number of benzene rings is 2. The van der Waals surface area contributed by atoms with Crippen LogP contribution in [0.15, 0.2) is 60.7 Å². The Bertz CT molecular complexity index is 916. The van der Waals surface area contributed by atoms with E-state index in [0.717, 1.165) is 11.1 Å². The highest BCUT2D eigenvalue weighted by Gasteiger charge is 2.29. The van der Waals surface area contributed by atoms with Gasteiger partial charge in [-0.15, -0.1) is 0 Å². The van der Waals surface area contributed by atoms with E-state index in [-0.39, 0.29) is 23.7 Å². The molecule has 7 heteroatoms. The molecule has 0 aliphatic carbocycles. The molecule has 0 saturated carbocycles. The number of carbonyl (C=O) groups excluding carboxylic acids is 3. The van der Waals surface area contributed by atoms with Crippen molar-refractivity contribution in [3.05, 3.63) is 71.8 Å². The lowest BCUT2D eigenvalue weighted by molar-refractivity contribution is -0.133. The van der Waals surface area contributed by atoms with Crippen molar-refractivity contribution in [1.82, 2.24) is 16.0 Å². The van der Waals surface area contributed by atoms with Crippen molar-refractivity contribution in [1.29, 1.82) is 0 Å². The summed E-state index contributed by atoms with van der Waals surface area (Å²) < 4.78 is 0. The predicted octanol–water partition coefficient (Wildman–Crippen LogP) is 2.54. The summed E-state index contributed by atoms with van der Waals surface area (Å²) in [4.78, 5) is 38.9. The van der Waals surface area contributed by atoms with Crippen LogP contribution in [-0.2, 0) is 27.3 Å². The van der Waals surface area contributed by atoms with Crippen LogP contribution in [0.3, 0.4) is 0 Å². The summed E-state index contributed by atoms with van der Waals surface area (Å²) >= 11 is 0. The molecule has 0 aliphatic heterocycles. The van der Waals surface area contributed by atoms with Crippen LogP contribution >= 0.6 is 0 Å². The van der Waals surface area contributed by atoms with Crippen LogP contribution in [0.4, 0.5) is 0 Å². The van der Waals surface area contributed by atoms with E-state index in [4.69, 9.17) is 5.73 Å². The molecule has 0 spiro atoms. The Morgan fingerprint density at radius 1 is 0.735 bits per heavy atom. The van der Waals surface area contributed by atoms with Gasteiger partial charge in [-0.05, 0) is 29.4 Å². The van der Waals surface area contributed by atoms with Gasteiger partial charge in [-0.2, -0.15) is 0 Å². The average Bonchev–Trinajstić information content (AvgIpc) is 2.82. The Balaban J connectivity index is 2.15. The van der Waals surface area contributed by atoms with Gasteiger partial charge in [0.1, 0.15) is 12.1 Å². The van der Waals surface area contributed by atoms with Gasteiger partial charge in [0.05, 0.1) is 6.04 Å². The van der Waals surface area contributed by atoms with Gasteiger partial charge in [0.2, 0.25) is 17.7 Å². The van der Waals surface area contributed by atoms with Gasteiger partial charge >= 0.3 is 0 Å². The lowest BCUT2D eigenvalue weighted by Gasteiger charge is -2.26. The van der Waals surface area contributed by atoms with Gasteiger partial charge < -0.3 is 21.7 Å². The lowest BCUT2D eigenvalue weighted by Crippen LogP contribution is -2.57. The fraction of sp³-hybridized carbons (Fsp3) is 0.444. The smallest absolute Gasteiger partial charge is 0.243 e. The molecule has 3 amide bonds. The number of rotatable bonds is 12. The number of nitrogens with one attached hydrogen (secondary N) is 3. The Hall–Kier alpha value is -3.19. The van der Waals surface area contributed by atoms with Crippen molar-refractivity contribution in [2.45, 2.75) is 65.2 Å². The fourth-order valence-electron chi connectivity index (χ4n) is 3.51. The first kappa shape index (κ1) is 27.1. The maximum atomic E-state index is 13.2. The van der Waals surface area contributed by atoms with Gasteiger partial charge in [0, 0.05) is 13.0 Å². The number of hydrogen-bond donors (Lipinski definition) is 4. The third-order valence-corrected chi connectivity index (χ3v) is 5.59. The topological polar surface area (TPSA) is 113 Å². The summed E-state index contributed by atoms with van der Waals surface area (Å²) in [5, 5.41) is 8.58. The van der Waals surface area contributed by atoms with Crippen LogP contribution in [0.5, 0.6) is 0 Å². The average molecular weight is 467 g/mol. The number of carbonyl (C=O) groups is 3. The molecule has 0 fully saturated rings. The van der Waals surface area contributed by atoms with Crippen LogP contribution < -0.4 is 21.7 Å². The highest BCUT2D eigenvalue weighted by Crippen LogP contribution is 2.09. The Labute approximate surface area is 202 Å². The second kappa shape index (κ2) is 13.5. The summed E-state index contributed by atoms with van der Waals surface area (Å²) in [6.45, 7) is 8.02. The SMILES string of the molecule is CC(C)C[C@H](NC(=O)[C@H](N)C(C)C)C(=O)N[C@@H](Cc1ccccc1)C(=O)NCc1ccccc1. The van der Waals surface area contributed by atoms with Crippen molar-refractivity contribution < 1.29 is 14.4 Å². The maximum absolute atomic E-state index is 13.2. The summed E-state index contributed by atoms with van der Waals surface area (Å²) in [6, 6.07) is 16.8. The van der Waals surface area contributed by atoms with E-state index in [0.29, 0.717) is 19.4 Å². The molecular formula is C27H38N4O3. The molecule has 2 rings (SSSR count). The van der Waals surface area contributed by atoms with E-state index in [1.165, 1.54) is 0 Å². The fourth-order valence-corrected chi connectivity index (χ4v) is 3.51. The molecule has 0 unspecified atom stereocenters. The molecule has 0 bridgehead atoms. The standard InChI is InChI=1S/C27H38N4O3/c1-18(2)15-22(31-27(34)24(28)19(3)4)26(33)30-23(16-20-11-7-5-8-12-20)25(32)29-17-21-13-9-6-10-14-21/h5-14,18-19,22-24H,15-17,28H2,1-4H3,(H,29,32)(H,30,33)(H,31,34)/t22-,23-,24+/m0/s1. The van der Waals surface area contributed by atoms with Crippen molar-refractivity contribution in [3.63, 3.8) is 0 Å². The molecule has 34 heavy (non-hydrogen) atoms. The summed E-state index contributed by atoms with van der Waals surface area (Å²) in [6.07, 6.45) is 0.771. The zero-order valence-electron chi connectivity index (χ0n) is 20.6. The molecule has 5 N–H and O–H groups in total. The van der Waals surface area contributed by atoms with Crippen LogP contribution in [0.2, 0.25) is 0 Å². The van der Waals surface area contributed by atoms with Gasteiger partial charge in [-0.25, -0.2) is 0 Å². The third kappa shape index (κ3) is 8.98. The molecule has 184 valence electrons. The van der Waals surface area contributed by atoms with Crippen molar-refractivity contribution in [3.8, 4) is 0 Å². The molecule has 0 aliphatic rings. The van der Waals surface area contributed by atoms with Gasteiger partial charge in [0.25, 0.3) is 0 Å². The minimum atomic E-state index is -0.788. The van der Waals surface area contributed by atoms with Gasteiger partial charge in [-0.3, -0.25) is 14.4 Å². The minimum Gasteiger partial charge on any atom is -0.350 e. The van der Waals surface area contributed by atoms with Crippen LogP contribution in [0.25, 0.3) is 0 Å². The highest BCUT2D eigenvalue weighted by molar-refractivity contribution is 5.93. The maximum Gasteiger partial charge on any atom is 0.243 e. The Kier molecular flexibility index (Phi) is 10.7. The highest BCUT2D eigenvalue weighted by atomic mass is 16.2. The Morgan fingerprint density at radius 3 is 1.79 bits per heavy atom. The van der Waals surface area contributed by atoms with Crippen LogP contribution in [-0.4, -0.2) is 35.8 Å². The molecule has 0 saturated heterocycles. The molecule has 2 aromatic carbocycles. The molecule has 0 aromatic heterocycles. The predicted molar refractivity (Wildman–Crippen MR) is 135 cm³/mol. The van der Waals surface area contributed by atoms with Crippen LogP contribution in [0.1, 0.15) is 45.2 Å². The first-order chi connectivity index (χ1) is 16.2. The summed E-state index contributed by atoms with van der Waals surface area (Å²) in [7, 11) is 0. The lowest BCUT2D eigenvalue weighted by atomic mass is 9.99. The van der Waals surface area contributed by atoms with Gasteiger partial charge in [-0.1, -0.05) is 88.4 Å². The zero-order chi connectivity index (χ0) is 25.1. The number of nitrogens with two attached hydrogens (primary N) is 1. The summed E-state index contributed by atoms with van der Waals surface area (Å²) in [5.41, 5.74) is 7.87. The van der Waals surface area contributed by atoms with E-state index >= 15 is 0 Å². The molecule has 7 nitrogen and oxygen atoms in total. The molecule has 0 radical (unpaired) electrons.